The summed E-state index contributed by atoms with van der Waals surface area (Å²) in [6, 6.07) is 7.78. The van der Waals surface area contributed by atoms with Crippen LogP contribution in [0, 0.1) is 0 Å². The minimum Gasteiger partial charge on any atom is -0.497 e. The minimum absolute atomic E-state index is 0.435. The molecule has 148 valence electrons. The molecule has 1 aliphatic rings. The van der Waals surface area contributed by atoms with Crippen LogP contribution in [0.3, 0.4) is 0 Å². The van der Waals surface area contributed by atoms with Crippen molar-refractivity contribution >= 4 is 5.52 Å². The zero-order valence-corrected chi connectivity index (χ0v) is 16.6. The highest BCUT2D eigenvalue weighted by Gasteiger charge is 2.26. The number of fused-ring (bicyclic) bond motifs is 1. The first kappa shape index (κ1) is 17.8. The van der Waals surface area contributed by atoms with Crippen molar-refractivity contribution in [2.45, 2.75) is 44.9 Å². The summed E-state index contributed by atoms with van der Waals surface area (Å²) in [5.41, 5.74) is 2.83. The van der Waals surface area contributed by atoms with Gasteiger partial charge in [0.25, 0.3) is 0 Å². The summed E-state index contributed by atoms with van der Waals surface area (Å²) in [4.78, 5) is 14.0. The number of hydrogen-bond acceptors (Lipinski definition) is 6. The van der Waals surface area contributed by atoms with E-state index in [1.807, 2.05) is 28.8 Å². The van der Waals surface area contributed by atoms with Crippen molar-refractivity contribution in [1.29, 1.82) is 0 Å². The van der Waals surface area contributed by atoms with Gasteiger partial charge in [-0.15, -0.1) is 5.10 Å². The third-order valence-corrected chi connectivity index (χ3v) is 5.61. The molecule has 0 radical (unpaired) electrons. The van der Waals surface area contributed by atoms with E-state index in [0.717, 1.165) is 47.6 Å². The van der Waals surface area contributed by atoms with Crippen LogP contribution in [-0.4, -0.2) is 41.5 Å². The van der Waals surface area contributed by atoms with Gasteiger partial charge in [0, 0.05) is 11.5 Å². The monoisotopic (exact) mass is 389 g/mol. The molecule has 0 atom stereocenters. The maximum Gasteiger partial charge on any atom is 0.185 e. The van der Waals surface area contributed by atoms with E-state index in [0.29, 0.717) is 17.6 Å². The molecule has 1 aliphatic carbocycles. The number of aryl methyl sites for hydroxylation is 1. The van der Waals surface area contributed by atoms with E-state index < -0.39 is 0 Å². The Hall–Kier alpha value is -3.29. The Kier molecular flexibility index (Phi) is 4.46. The highest BCUT2D eigenvalue weighted by atomic mass is 16.5. The standard InChI is InChI=1S/C21H23N7O/c1-3-17-18-21(27-13-22-12-23-27)25-19(14-8-10-16(29-2)11-9-14)26-28(18)20(24-17)15-6-4-5-7-15/h8-13,15H,3-7H2,1-2H3. The van der Waals surface area contributed by atoms with Crippen LogP contribution in [0.2, 0.25) is 0 Å². The van der Waals surface area contributed by atoms with Crippen molar-refractivity contribution in [2.75, 3.05) is 7.11 Å². The van der Waals surface area contributed by atoms with Crippen LogP contribution < -0.4 is 4.74 Å². The van der Waals surface area contributed by atoms with E-state index in [4.69, 9.17) is 19.8 Å². The summed E-state index contributed by atoms with van der Waals surface area (Å²) in [5.74, 6) is 3.61. The Morgan fingerprint density at radius 3 is 2.55 bits per heavy atom. The molecule has 0 saturated heterocycles. The zero-order chi connectivity index (χ0) is 19.8. The third-order valence-electron chi connectivity index (χ3n) is 5.61. The quantitative estimate of drug-likeness (QED) is 0.519. The van der Waals surface area contributed by atoms with Crippen LogP contribution in [0.4, 0.5) is 0 Å². The average molecular weight is 389 g/mol. The lowest BCUT2D eigenvalue weighted by Gasteiger charge is -2.11. The van der Waals surface area contributed by atoms with Crippen LogP contribution in [0.15, 0.2) is 36.9 Å². The van der Waals surface area contributed by atoms with Gasteiger partial charge in [0.15, 0.2) is 11.6 Å². The fourth-order valence-corrected chi connectivity index (χ4v) is 4.11. The van der Waals surface area contributed by atoms with Gasteiger partial charge in [-0.05, 0) is 43.5 Å². The topological polar surface area (TPSA) is 83.0 Å². The Morgan fingerprint density at radius 1 is 1.10 bits per heavy atom. The molecular formula is C21H23N7O. The normalized spacial score (nSPS) is 14.7. The summed E-state index contributed by atoms with van der Waals surface area (Å²) in [6.45, 7) is 2.11. The summed E-state index contributed by atoms with van der Waals surface area (Å²) < 4.78 is 8.98. The number of methoxy groups -OCH3 is 1. The molecule has 29 heavy (non-hydrogen) atoms. The molecule has 8 nitrogen and oxygen atoms in total. The largest absolute Gasteiger partial charge is 0.497 e. The summed E-state index contributed by atoms with van der Waals surface area (Å²) in [5, 5.41) is 9.26. The summed E-state index contributed by atoms with van der Waals surface area (Å²) in [7, 11) is 1.66. The molecule has 3 heterocycles. The van der Waals surface area contributed by atoms with Gasteiger partial charge in [-0.3, -0.25) is 0 Å². The molecule has 0 bridgehead atoms. The molecule has 3 aromatic heterocycles. The molecule has 1 aromatic carbocycles. The maximum absolute atomic E-state index is 5.28. The SMILES string of the molecule is CCc1nc(C2CCCC2)n2nc(-c3ccc(OC)cc3)nc(-n3cncn3)c12. The molecular weight excluding hydrogens is 366 g/mol. The smallest absolute Gasteiger partial charge is 0.185 e. The number of rotatable bonds is 5. The second-order valence-electron chi connectivity index (χ2n) is 7.34. The molecule has 0 amide bonds. The second-order valence-corrected chi connectivity index (χ2v) is 7.34. The lowest BCUT2D eigenvalue weighted by molar-refractivity contribution is 0.415. The number of hydrogen-bond donors (Lipinski definition) is 0. The van der Waals surface area contributed by atoms with Gasteiger partial charge < -0.3 is 4.74 Å². The number of benzene rings is 1. The molecule has 4 aromatic rings. The van der Waals surface area contributed by atoms with Crippen molar-refractivity contribution in [3.05, 3.63) is 48.4 Å². The van der Waals surface area contributed by atoms with Crippen molar-refractivity contribution < 1.29 is 4.74 Å². The van der Waals surface area contributed by atoms with Crippen LogP contribution in [0.25, 0.3) is 22.7 Å². The zero-order valence-electron chi connectivity index (χ0n) is 16.6. The molecule has 0 spiro atoms. The van der Waals surface area contributed by atoms with E-state index >= 15 is 0 Å². The average Bonchev–Trinajstić information content (AvgIpc) is 3.53. The van der Waals surface area contributed by atoms with Crippen molar-refractivity contribution in [3.63, 3.8) is 0 Å². The number of aromatic nitrogens is 7. The first-order valence-electron chi connectivity index (χ1n) is 10.1. The van der Waals surface area contributed by atoms with E-state index in [-0.39, 0.29) is 0 Å². The van der Waals surface area contributed by atoms with E-state index in [1.54, 1.807) is 18.1 Å². The minimum atomic E-state index is 0.435. The number of imidazole rings is 1. The van der Waals surface area contributed by atoms with Gasteiger partial charge in [0.05, 0.1) is 12.8 Å². The third kappa shape index (κ3) is 3.04. The fraction of sp³-hybridized carbons (Fsp3) is 0.381. The first-order valence-corrected chi connectivity index (χ1v) is 10.1. The van der Waals surface area contributed by atoms with Gasteiger partial charge in [-0.2, -0.15) is 5.10 Å². The first-order chi connectivity index (χ1) is 14.3. The number of ether oxygens (including phenoxy) is 1. The molecule has 1 fully saturated rings. The van der Waals surface area contributed by atoms with E-state index in [2.05, 4.69) is 17.0 Å². The van der Waals surface area contributed by atoms with Crippen molar-refractivity contribution in [1.82, 2.24) is 34.3 Å². The van der Waals surface area contributed by atoms with Crippen LogP contribution in [0.1, 0.15) is 50.0 Å². The van der Waals surface area contributed by atoms with Gasteiger partial charge in [-0.1, -0.05) is 19.8 Å². The molecule has 0 unspecified atom stereocenters. The lowest BCUT2D eigenvalue weighted by atomic mass is 10.1. The highest BCUT2D eigenvalue weighted by molar-refractivity contribution is 5.68. The molecule has 0 aliphatic heterocycles. The van der Waals surface area contributed by atoms with E-state index in [9.17, 15) is 0 Å². The Balaban J connectivity index is 1.77. The van der Waals surface area contributed by atoms with E-state index in [1.165, 1.54) is 19.2 Å². The summed E-state index contributed by atoms with van der Waals surface area (Å²) >= 11 is 0. The van der Waals surface area contributed by atoms with Crippen molar-refractivity contribution in [2.24, 2.45) is 0 Å². The Bertz CT molecular complexity index is 1130. The van der Waals surface area contributed by atoms with Gasteiger partial charge >= 0.3 is 0 Å². The van der Waals surface area contributed by atoms with Crippen LogP contribution in [-0.2, 0) is 6.42 Å². The second kappa shape index (κ2) is 7.27. The van der Waals surface area contributed by atoms with Crippen LogP contribution >= 0.6 is 0 Å². The van der Waals surface area contributed by atoms with Gasteiger partial charge in [0.2, 0.25) is 0 Å². The number of nitrogens with zero attached hydrogens (tertiary/aromatic N) is 7. The van der Waals surface area contributed by atoms with Gasteiger partial charge in [-0.25, -0.2) is 24.1 Å². The highest BCUT2D eigenvalue weighted by Crippen LogP contribution is 2.35. The molecule has 1 saturated carbocycles. The Morgan fingerprint density at radius 2 is 1.90 bits per heavy atom. The van der Waals surface area contributed by atoms with Gasteiger partial charge in [0.1, 0.15) is 29.7 Å². The summed E-state index contributed by atoms with van der Waals surface area (Å²) in [6.07, 6.45) is 8.79. The van der Waals surface area contributed by atoms with Crippen LogP contribution in [0.5, 0.6) is 5.75 Å². The molecule has 0 N–H and O–H groups in total. The fourth-order valence-electron chi connectivity index (χ4n) is 4.11. The molecule has 8 heteroatoms. The Labute approximate surface area is 168 Å². The maximum atomic E-state index is 5.28. The predicted octanol–water partition coefficient (Wildman–Crippen LogP) is 3.60. The lowest BCUT2D eigenvalue weighted by Crippen LogP contribution is -2.10. The van der Waals surface area contributed by atoms with Crippen molar-refractivity contribution in [3.8, 4) is 23.0 Å². The molecule has 5 rings (SSSR count). The predicted molar refractivity (Wildman–Crippen MR) is 108 cm³/mol.